The van der Waals surface area contributed by atoms with E-state index in [0.29, 0.717) is 12.4 Å². The van der Waals surface area contributed by atoms with Gasteiger partial charge in [-0.2, -0.15) is 0 Å². The lowest BCUT2D eigenvalue weighted by molar-refractivity contribution is 0.199. The van der Waals surface area contributed by atoms with E-state index in [4.69, 9.17) is 9.40 Å². The molecule has 0 spiro atoms. The van der Waals surface area contributed by atoms with Crippen molar-refractivity contribution < 1.29 is 9.21 Å². The van der Waals surface area contributed by atoms with Crippen LogP contribution in [0, 0.1) is 0 Å². The van der Waals surface area contributed by atoms with E-state index in [0.717, 1.165) is 40.8 Å². The van der Waals surface area contributed by atoms with Crippen molar-refractivity contribution in [3.05, 3.63) is 84.8 Å². The summed E-state index contributed by atoms with van der Waals surface area (Å²) in [5, 5.41) is 2.97. The standard InChI is InChI=1S/C24H21N3O2/c28-24(25-19-10-5-2-6-11-19)27-15-7-12-21(27)23-26-20-16-18(13-14-22(20)29-23)17-8-3-1-4-9-17/h1-6,8-11,13-14,16,21H,7,12,15H2,(H,25,28)/t21-/m0/s1. The summed E-state index contributed by atoms with van der Waals surface area (Å²) < 4.78 is 6.04. The molecule has 1 N–H and O–H groups in total. The van der Waals surface area contributed by atoms with Crippen molar-refractivity contribution in [1.82, 2.24) is 9.88 Å². The SMILES string of the molecule is O=C(Nc1ccccc1)N1CCC[C@H]1c1nc2cc(-c3ccccc3)ccc2o1. The summed E-state index contributed by atoms with van der Waals surface area (Å²) >= 11 is 0. The molecule has 1 atom stereocenters. The van der Waals surface area contributed by atoms with Crippen LogP contribution in [0.4, 0.5) is 10.5 Å². The molecule has 2 heterocycles. The quantitative estimate of drug-likeness (QED) is 0.482. The van der Waals surface area contributed by atoms with Gasteiger partial charge in [0.2, 0.25) is 5.89 Å². The van der Waals surface area contributed by atoms with E-state index in [9.17, 15) is 4.79 Å². The van der Waals surface area contributed by atoms with Crippen LogP contribution in [0.1, 0.15) is 24.8 Å². The molecule has 2 amide bonds. The van der Waals surface area contributed by atoms with E-state index in [1.807, 2.05) is 71.6 Å². The number of nitrogens with zero attached hydrogens (tertiary/aromatic N) is 2. The van der Waals surface area contributed by atoms with Gasteiger partial charge in [0.05, 0.1) is 0 Å². The Kier molecular flexibility index (Phi) is 4.48. The highest BCUT2D eigenvalue weighted by Crippen LogP contribution is 2.34. The van der Waals surface area contributed by atoms with Gasteiger partial charge in [-0.05, 0) is 48.2 Å². The molecule has 1 aliphatic rings. The molecular weight excluding hydrogens is 362 g/mol. The molecule has 144 valence electrons. The first-order valence-corrected chi connectivity index (χ1v) is 9.86. The zero-order valence-corrected chi connectivity index (χ0v) is 15.9. The third-order valence-corrected chi connectivity index (χ3v) is 5.34. The van der Waals surface area contributed by atoms with Gasteiger partial charge in [0.1, 0.15) is 11.6 Å². The second-order valence-electron chi connectivity index (χ2n) is 7.25. The number of urea groups is 1. The first kappa shape index (κ1) is 17.5. The number of amides is 2. The van der Waals surface area contributed by atoms with Crippen LogP contribution in [-0.4, -0.2) is 22.5 Å². The molecule has 5 heteroatoms. The summed E-state index contributed by atoms with van der Waals surface area (Å²) in [5.41, 5.74) is 4.59. The molecule has 1 fully saturated rings. The Balaban J connectivity index is 1.41. The van der Waals surface area contributed by atoms with Crippen molar-refractivity contribution in [2.75, 3.05) is 11.9 Å². The van der Waals surface area contributed by atoms with E-state index in [2.05, 4.69) is 17.4 Å². The predicted molar refractivity (Wildman–Crippen MR) is 114 cm³/mol. The molecule has 0 bridgehead atoms. The maximum Gasteiger partial charge on any atom is 0.322 e. The van der Waals surface area contributed by atoms with Gasteiger partial charge in [-0.3, -0.25) is 0 Å². The molecule has 1 saturated heterocycles. The van der Waals surface area contributed by atoms with Gasteiger partial charge in [0.25, 0.3) is 0 Å². The molecule has 1 aromatic heterocycles. The maximum atomic E-state index is 12.8. The third kappa shape index (κ3) is 3.47. The summed E-state index contributed by atoms with van der Waals surface area (Å²) in [6, 6.07) is 25.5. The molecule has 0 aliphatic carbocycles. The highest BCUT2D eigenvalue weighted by Gasteiger charge is 2.33. The lowest BCUT2D eigenvalue weighted by Gasteiger charge is -2.22. The Morgan fingerprint density at radius 2 is 1.72 bits per heavy atom. The van der Waals surface area contributed by atoms with Gasteiger partial charge < -0.3 is 14.6 Å². The molecule has 0 radical (unpaired) electrons. The Bertz CT molecular complexity index is 1140. The summed E-state index contributed by atoms with van der Waals surface area (Å²) in [7, 11) is 0. The van der Waals surface area contributed by atoms with Crippen molar-refractivity contribution in [3.8, 4) is 11.1 Å². The zero-order valence-electron chi connectivity index (χ0n) is 15.9. The first-order valence-electron chi connectivity index (χ1n) is 9.86. The number of hydrogen-bond acceptors (Lipinski definition) is 3. The van der Waals surface area contributed by atoms with Gasteiger partial charge in [0, 0.05) is 12.2 Å². The van der Waals surface area contributed by atoms with Gasteiger partial charge in [0.15, 0.2) is 5.58 Å². The molecular formula is C24H21N3O2. The van der Waals surface area contributed by atoms with Gasteiger partial charge in [-0.25, -0.2) is 9.78 Å². The predicted octanol–water partition coefficient (Wildman–Crippen LogP) is 5.86. The van der Waals surface area contributed by atoms with Crippen LogP contribution < -0.4 is 5.32 Å². The number of carbonyl (C=O) groups excluding carboxylic acids is 1. The molecule has 5 nitrogen and oxygen atoms in total. The number of hydrogen-bond donors (Lipinski definition) is 1. The lowest BCUT2D eigenvalue weighted by atomic mass is 10.1. The summed E-state index contributed by atoms with van der Waals surface area (Å²) in [5.74, 6) is 0.603. The number of likely N-dealkylation sites (tertiary alicyclic amines) is 1. The number of oxazole rings is 1. The molecule has 5 rings (SSSR count). The molecule has 29 heavy (non-hydrogen) atoms. The largest absolute Gasteiger partial charge is 0.438 e. The summed E-state index contributed by atoms with van der Waals surface area (Å²) in [4.78, 5) is 19.3. The number of rotatable bonds is 3. The molecule has 0 saturated carbocycles. The maximum absolute atomic E-state index is 12.8. The van der Waals surface area contributed by atoms with Crippen LogP contribution in [-0.2, 0) is 0 Å². The molecule has 0 unspecified atom stereocenters. The topological polar surface area (TPSA) is 58.4 Å². The minimum atomic E-state index is -0.147. The fraction of sp³-hybridized carbons (Fsp3) is 0.167. The molecule has 4 aromatic rings. The van der Waals surface area contributed by atoms with Crippen LogP contribution in [0.2, 0.25) is 0 Å². The molecule has 3 aromatic carbocycles. The van der Waals surface area contributed by atoms with Crippen molar-refractivity contribution >= 4 is 22.8 Å². The zero-order chi connectivity index (χ0) is 19.6. The van der Waals surface area contributed by atoms with Crippen molar-refractivity contribution in [1.29, 1.82) is 0 Å². The van der Waals surface area contributed by atoms with Crippen LogP contribution in [0.3, 0.4) is 0 Å². The van der Waals surface area contributed by atoms with E-state index in [-0.39, 0.29) is 12.1 Å². The Hall–Kier alpha value is -3.60. The van der Waals surface area contributed by atoms with E-state index in [1.165, 1.54) is 0 Å². The van der Waals surface area contributed by atoms with Crippen LogP contribution >= 0.6 is 0 Å². The third-order valence-electron chi connectivity index (χ3n) is 5.34. The number of fused-ring (bicyclic) bond motifs is 1. The van der Waals surface area contributed by atoms with Crippen LogP contribution in [0.15, 0.2) is 83.3 Å². The Labute approximate surface area is 169 Å². The second-order valence-corrected chi connectivity index (χ2v) is 7.25. The van der Waals surface area contributed by atoms with Crippen molar-refractivity contribution in [2.45, 2.75) is 18.9 Å². The average Bonchev–Trinajstić information content (AvgIpc) is 3.41. The van der Waals surface area contributed by atoms with Crippen molar-refractivity contribution in [3.63, 3.8) is 0 Å². The van der Waals surface area contributed by atoms with Gasteiger partial charge >= 0.3 is 6.03 Å². The fourth-order valence-corrected chi connectivity index (χ4v) is 3.88. The number of nitrogens with one attached hydrogen (secondary N) is 1. The first-order chi connectivity index (χ1) is 14.3. The number of aromatic nitrogens is 1. The smallest absolute Gasteiger partial charge is 0.322 e. The second kappa shape index (κ2) is 7.43. The van der Waals surface area contributed by atoms with Crippen molar-refractivity contribution in [2.24, 2.45) is 0 Å². The van der Waals surface area contributed by atoms with Crippen LogP contribution in [0.5, 0.6) is 0 Å². The lowest BCUT2D eigenvalue weighted by Crippen LogP contribution is -2.34. The minimum absolute atomic E-state index is 0.120. The normalized spacial score (nSPS) is 16.3. The monoisotopic (exact) mass is 383 g/mol. The highest BCUT2D eigenvalue weighted by atomic mass is 16.4. The van der Waals surface area contributed by atoms with E-state index in [1.54, 1.807) is 0 Å². The van der Waals surface area contributed by atoms with E-state index >= 15 is 0 Å². The summed E-state index contributed by atoms with van der Waals surface area (Å²) in [6.45, 7) is 0.692. The summed E-state index contributed by atoms with van der Waals surface area (Å²) in [6.07, 6.45) is 1.78. The number of para-hydroxylation sites is 1. The number of anilines is 1. The minimum Gasteiger partial charge on any atom is -0.438 e. The number of benzene rings is 3. The Morgan fingerprint density at radius 3 is 2.52 bits per heavy atom. The highest BCUT2D eigenvalue weighted by molar-refractivity contribution is 5.89. The van der Waals surface area contributed by atoms with Crippen LogP contribution in [0.25, 0.3) is 22.2 Å². The van der Waals surface area contributed by atoms with E-state index < -0.39 is 0 Å². The number of carbonyl (C=O) groups is 1. The Morgan fingerprint density at radius 1 is 0.966 bits per heavy atom. The average molecular weight is 383 g/mol. The fourth-order valence-electron chi connectivity index (χ4n) is 3.88. The van der Waals surface area contributed by atoms with Gasteiger partial charge in [-0.15, -0.1) is 0 Å². The molecule has 1 aliphatic heterocycles. The van der Waals surface area contributed by atoms with Gasteiger partial charge in [-0.1, -0.05) is 54.6 Å².